The third-order valence-electron chi connectivity index (χ3n) is 3.90. The van der Waals surface area contributed by atoms with Gasteiger partial charge in [0, 0.05) is 19.2 Å². The van der Waals surface area contributed by atoms with Gasteiger partial charge in [-0.25, -0.2) is 4.98 Å². The van der Waals surface area contributed by atoms with Crippen LogP contribution < -0.4 is 10.5 Å². The van der Waals surface area contributed by atoms with Gasteiger partial charge in [0.2, 0.25) is 0 Å². The summed E-state index contributed by atoms with van der Waals surface area (Å²) in [6.07, 6.45) is 4.08. The molecule has 1 saturated heterocycles. The van der Waals surface area contributed by atoms with Crippen molar-refractivity contribution in [2.24, 2.45) is 11.8 Å². The van der Waals surface area contributed by atoms with Gasteiger partial charge in [0.05, 0.1) is 0 Å². The fourth-order valence-corrected chi connectivity index (χ4v) is 3.15. The van der Waals surface area contributed by atoms with Crippen molar-refractivity contribution < 1.29 is 0 Å². The predicted molar refractivity (Wildman–Crippen MR) is 62.6 cm³/mol. The fourth-order valence-electron chi connectivity index (χ4n) is 3.15. The highest BCUT2D eigenvalue weighted by Crippen LogP contribution is 2.38. The molecule has 2 heterocycles. The summed E-state index contributed by atoms with van der Waals surface area (Å²) in [5.74, 6) is 3.23. The first kappa shape index (κ1) is 9.87. The van der Waals surface area contributed by atoms with Crippen LogP contribution >= 0.6 is 0 Å². The van der Waals surface area contributed by atoms with E-state index in [2.05, 4.69) is 14.9 Å². The Bertz CT molecular complexity index is 442. The third kappa shape index (κ3) is 1.62. The minimum absolute atomic E-state index is 0.0421. The maximum atomic E-state index is 11.4. The van der Waals surface area contributed by atoms with Crippen LogP contribution in [-0.2, 0) is 0 Å². The summed E-state index contributed by atoms with van der Waals surface area (Å²) >= 11 is 0. The molecule has 86 valence electrons. The first-order valence-electron chi connectivity index (χ1n) is 6.05. The Hall–Kier alpha value is -1.32. The second-order valence-corrected chi connectivity index (χ2v) is 5.05. The number of hydrogen-bond donors (Lipinski definition) is 1. The number of aromatic amines is 1. The smallest absolute Gasteiger partial charge is 0.252 e. The lowest BCUT2D eigenvalue weighted by molar-refractivity contribution is 0.494. The number of H-pyrrole nitrogens is 1. The Balaban J connectivity index is 1.86. The van der Waals surface area contributed by atoms with E-state index in [-0.39, 0.29) is 5.56 Å². The highest BCUT2D eigenvalue weighted by atomic mass is 16.1. The molecule has 1 N–H and O–H groups in total. The van der Waals surface area contributed by atoms with Crippen LogP contribution in [0, 0.1) is 18.8 Å². The summed E-state index contributed by atoms with van der Waals surface area (Å²) in [5, 5.41) is 0. The molecular formula is C12H17N3O. The van der Waals surface area contributed by atoms with Crippen LogP contribution in [-0.4, -0.2) is 23.1 Å². The molecule has 1 aromatic rings. The second kappa shape index (κ2) is 3.61. The van der Waals surface area contributed by atoms with Crippen molar-refractivity contribution in [3.05, 3.63) is 22.2 Å². The summed E-state index contributed by atoms with van der Waals surface area (Å²) in [4.78, 5) is 20.8. The van der Waals surface area contributed by atoms with Gasteiger partial charge in [0.25, 0.3) is 5.56 Å². The molecule has 1 aromatic heterocycles. The van der Waals surface area contributed by atoms with Crippen LogP contribution in [0.15, 0.2) is 10.9 Å². The van der Waals surface area contributed by atoms with Crippen LogP contribution in [0.25, 0.3) is 0 Å². The number of rotatable bonds is 1. The van der Waals surface area contributed by atoms with Crippen LogP contribution in [0.2, 0.25) is 0 Å². The normalized spacial score (nSPS) is 28.4. The largest absolute Gasteiger partial charge is 0.356 e. The molecule has 1 saturated carbocycles. The summed E-state index contributed by atoms with van der Waals surface area (Å²) in [6.45, 7) is 4.00. The van der Waals surface area contributed by atoms with Crippen molar-refractivity contribution >= 4 is 5.82 Å². The zero-order valence-electron chi connectivity index (χ0n) is 9.57. The Morgan fingerprint density at radius 2 is 2.06 bits per heavy atom. The molecule has 2 fully saturated rings. The summed E-state index contributed by atoms with van der Waals surface area (Å²) in [5.41, 5.74) is -0.0421. The number of nitrogens with zero attached hydrogens (tertiary/aromatic N) is 2. The first-order valence-corrected chi connectivity index (χ1v) is 6.05. The average Bonchev–Trinajstić information content (AvgIpc) is 2.74. The number of aromatic nitrogens is 2. The monoisotopic (exact) mass is 219 g/mol. The number of anilines is 1. The Morgan fingerprint density at radius 3 is 2.69 bits per heavy atom. The molecule has 16 heavy (non-hydrogen) atoms. The molecule has 2 aliphatic rings. The lowest BCUT2D eigenvalue weighted by atomic mass is 10.0. The number of fused-ring (bicyclic) bond motifs is 1. The lowest BCUT2D eigenvalue weighted by Gasteiger charge is -2.18. The van der Waals surface area contributed by atoms with E-state index in [1.54, 1.807) is 6.07 Å². The Labute approximate surface area is 94.7 Å². The maximum Gasteiger partial charge on any atom is 0.252 e. The predicted octanol–water partition coefficient (Wildman–Crippen LogP) is 1.31. The molecule has 3 rings (SSSR count). The van der Waals surface area contributed by atoms with Crippen LogP contribution in [0.1, 0.15) is 25.1 Å². The van der Waals surface area contributed by atoms with Gasteiger partial charge in [-0.3, -0.25) is 4.79 Å². The highest BCUT2D eigenvalue weighted by molar-refractivity contribution is 5.39. The zero-order chi connectivity index (χ0) is 11.1. The van der Waals surface area contributed by atoms with E-state index >= 15 is 0 Å². The van der Waals surface area contributed by atoms with Crippen molar-refractivity contribution in [2.45, 2.75) is 26.2 Å². The Morgan fingerprint density at radius 1 is 1.38 bits per heavy atom. The van der Waals surface area contributed by atoms with Gasteiger partial charge >= 0.3 is 0 Å². The maximum absolute atomic E-state index is 11.4. The minimum atomic E-state index is -0.0421. The van der Waals surface area contributed by atoms with E-state index in [0.29, 0.717) is 5.82 Å². The average molecular weight is 219 g/mol. The van der Waals surface area contributed by atoms with Crippen molar-refractivity contribution in [1.29, 1.82) is 0 Å². The Kier molecular flexibility index (Phi) is 2.23. The molecule has 4 heteroatoms. The van der Waals surface area contributed by atoms with E-state index in [4.69, 9.17) is 0 Å². The summed E-state index contributed by atoms with van der Waals surface area (Å²) in [6, 6.07) is 1.62. The van der Waals surface area contributed by atoms with Crippen molar-refractivity contribution in [3.63, 3.8) is 0 Å². The van der Waals surface area contributed by atoms with E-state index in [0.717, 1.165) is 30.7 Å². The van der Waals surface area contributed by atoms with Crippen LogP contribution in [0.5, 0.6) is 0 Å². The van der Waals surface area contributed by atoms with Gasteiger partial charge in [0.1, 0.15) is 11.6 Å². The highest BCUT2D eigenvalue weighted by Gasteiger charge is 2.36. The molecule has 0 amide bonds. The first-order chi connectivity index (χ1) is 7.72. The van der Waals surface area contributed by atoms with Gasteiger partial charge < -0.3 is 9.88 Å². The standard InChI is InChI=1S/C12H17N3O/c1-8-13-11(5-12(16)14-8)15-6-9-3-2-4-10(9)7-15/h5,9-10H,2-4,6-7H2,1H3,(H,13,14,16). The van der Waals surface area contributed by atoms with Gasteiger partial charge in [-0.1, -0.05) is 6.42 Å². The summed E-state index contributed by atoms with van der Waals surface area (Å²) in [7, 11) is 0. The molecule has 4 nitrogen and oxygen atoms in total. The van der Waals surface area contributed by atoms with Crippen LogP contribution in [0.4, 0.5) is 5.82 Å². The van der Waals surface area contributed by atoms with E-state index in [1.807, 2.05) is 6.92 Å². The van der Waals surface area contributed by atoms with Crippen molar-refractivity contribution in [3.8, 4) is 0 Å². The topological polar surface area (TPSA) is 49.0 Å². The molecule has 0 bridgehead atoms. The molecule has 2 atom stereocenters. The van der Waals surface area contributed by atoms with Gasteiger partial charge in [-0.2, -0.15) is 0 Å². The number of hydrogen-bond acceptors (Lipinski definition) is 3. The van der Waals surface area contributed by atoms with Crippen molar-refractivity contribution in [2.75, 3.05) is 18.0 Å². The number of nitrogens with one attached hydrogen (secondary N) is 1. The minimum Gasteiger partial charge on any atom is -0.356 e. The molecule has 0 radical (unpaired) electrons. The SMILES string of the molecule is Cc1nc(N2CC3CCCC3C2)cc(=O)[nH]1. The fraction of sp³-hybridized carbons (Fsp3) is 0.667. The van der Waals surface area contributed by atoms with Gasteiger partial charge in [-0.15, -0.1) is 0 Å². The molecule has 1 aliphatic carbocycles. The van der Waals surface area contributed by atoms with E-state index < -0.39 is 0 Å². The summed E-state index contributed by atoms with van der Waals surface area (Å²) < 4.78 is 0. The molecule has 1 aliphatic heterocycles. The molecule has 0 aromatic carbocycles. The lowest BCUT2D eigenvalue weighted by Crippen LogP contribution is -2.24. The zero-order valence-corrected chi connectivity index (χ0v) is 9.57. The second-order valence-electron chi connectivity index (χ2n) is 5.05. The molecule has 0 spiro atoms. The van der Waals surface area contributed by atoms with Crippen LogP contribution in [0.3, 0.4) is 0 Å². The van der Waals surface area contributed by atoms with E-state index in [9.17, 15) is 4.79 Å². The molecule has 2 unspecified atom stereocenters. The van der Waals surface area contributed by atoms with E-state index in [1.165, 1.54) is 19.3 Å². The molecular weight excluding hydrogens is 202 g/mol. The third-order valence-corrected chi connectivity index (χ3v) is 3.90. The number of aryl methyl sites for hydroxylation is 1. The van der Waals surface area contributed by atoms with Gasteiger partial charge in [-0.05, 0) is 31.6 Å². The quantitative estimate of drug-likeness (QED) is 0.775. The van der Waals surface area contributed by atoms with Crippen molar-refractivity contribution in [1.82, 2.24) is 9.97 Å². The van der Waals surface area contributed by atoms with Gasteiger partial charge in [0.15, 0.2) is 0 Å².